The van der Waals surface area contributed by atoms with Crippen molar-refractivity contribution in [3.63, 3.8) is 0 Å². The van der Waals surface area contributed by atoms with Crippen molar-refractivity contribution in [1.29, 1.82) is 0 Å². The molecule has 3 aromatic rings. The first-order valence-corrected chi connectivity index (χ1v) is 10.0. The minimum Gasteiger partial charge on any atom is -0.381 e. The van der Waals surface area contributed by atoms with Gasteiger partial charge in [0.05, 0.1) is 4.90 Å². The fourth-order valence-corrected chi connectivity index (χ4v) is 3.80. The summed E-state index contributed by atoms with van der Waals surface area (Å²) in [6.07, 6.45) is 0. The Morgan fingerprint density at radius 2 is 1.52 bits per heavy atom. The molecule has 27 heavy (non-hydrogen) atoms. The first kappa shape index (κ1) is 18.9. The van der Waals surface area contributed by atoms with Gasteiger partial charge in [-0.15, -0.1) is 0 Å². The predicted octanol–water partition coefficient (Wildman–Crippen LogP) is 4.86. The monoisotopic (exact) mass is 384 g/mol. The van der Waals surface area contributed by atoms with Gasteiger partial charge in [-0.3, -0.25) is 4.72 Å². The fraction of sp³-hybridized carbons (Fsp3) is 0.143. The third-order valence-electron chi connectivity index (χ3n) is 4.32. The summed E-state index contributed by atoms with van der Waals surface area (Å²) in [6, 6.07) is 18.9. The lowest BCUT2D eigenvalue weighted by Crippen LogP contribution is -2.13. The van der Waals surface area contributed by atoms with Crippen LogP contribution in [-0.4, -0.2) is 8.42 Å². The number of hydrogen-bond acceptors (Lipinski definition) is 3. The molecule has 0 radical (unpaired) electrons. The largest absolute Gasteiger partial charge is 0.381 e. The van der Waals surface area contributed by atoms with E-state index < -0.39 is 15.8 Å². The van der Waals surface area contributed by atoms with Crippen molar-refractivity contribution >= 4 is 21.4 Å². The number of sulfonamides is 1. The highest BCUT2D eigenvalue weighted by Crippen LogP contribution is 2.20. The SMILES string of the molecule is Cc1cc(S(=O)(=O)Nc2ccc(NCc3ccccc3C)cc2)ccc1F. The zero-order valence-corrected chi connectivity index (χ0v) is 16.0. The lowest BCUT2D eigenvalue weighted by molar-refractivity contribution is 0.598. The Morgan fingerprint density at radius 1 is 0.852 bits per heavy atom. The molecule has 0 aliphatic carbocycles. The van der Waals surface area contributed by atoms with E-state index in [0.29, 0.717) is 12.2 Å². The molecule has 3 rings (SSSR count). The summed E-state index contributed by atoms with van der Waals surface area (Å²) in [4.78, 5) is 0.0307. The number of anilines is 2. The van der Waals surface area contributed by atoms with Crippen molar-refractivity contribution in [2.75, 3.05) is 10.0 Å². The van der Waals surface area contributed by atoms with Crippen LogP contribution in [0.25, 0.3) is 0 Å². The van der Waals surface area contributed by atoms with Crippen molar-refractivity contribution in [2.24, 2.45) is 0 Å². The highest BCUT2D eigenvalue weighted by molar-refractivity contribution is 7.92. The van der Waals surface area contributed by atoms with Gasteiger partial charge < -0.3 is 5.32 Å². The predicted molar refractivity (Wildman–Crippen MR) is 107 cm³/mol. The highest BCUT2D eigenvalue weighted by Gasteiger charge is 2.15. The van der Waals surface area contributed by atoms with E-state index in [-0.39, 0.29) is 10.5 Å². The molecule has 0 bridgehead atoms. The van der Waals surface area contributed by atoms with Gasteiger partial charge in [-0.2, -0.15) is 0 Å². The maximum Gasteiger partial charge on any atom is 0.261 e. The third kappa shape index (κ3) is 4.65. The van der Waals surface area contributed by atoms with Crippen molar-refractivity contribution in [2.45, 2.75) is 25.3 Å². The molecule has 0 heterocycles. The van der Waals surface area contributed by atoms with Crippen LogP contribution in [0.4, 0.5) is 15.8 Å². The van der Waals surface area contributed by atoms with E-state index in [9.17, 15) is 12.8 Å². The normalized spacial score (nSPS) is 11.2. The molecule has 0 aliphatic heterocycles. The molecular weight excluding hydrogens is 363 g/mol. The van der Waals surface area contributed by atoms with Gasteiger partial charge >= 0.3 is 0 Å². The average Bonchev–Trinajstić information content (AvgIpc) is 2.64. The second-order valence-corrected chi connectivity index (χ2v) is 8.06. The maximum absolute atomic E-state index is 13.4. The second-order valence-electron chi connectivity index (χ2n) is 6.37. The summed E-state index contributed by atoms with van der Waals surface area (Å²) in [5.41, 5.74) is 4.03. The van der Waals surface area contributed by atoms with E-state index in [1.165, 1.54) is 30.2 Å². The van der Waals surface area contributed by atoms with Crippen molar-refractivity contribution in [3.05, 3.63) is 89.2 Å². The number of nitrogens with one attached hydrogen (secondary N) is 2. The lowest BCUT2D eigenvalue weighted by atomic mass is 10.1. The van der Waals surface area contributed by atoms with Gasteiger partial charge in [0.1, 0.15) is 5.82 Å². The summed E-state index contributed by atoms with van der Waals surface area (Å²) >= 11 is 0. The van der Waals surface area contributed by atoms with Gasteiger partial charge in [-0.1, -0.05) is 24.3 Å². The van der Waals surface area contributed by atoms with E-state index in [4.69, 9.17) is 0 Å². The average molecular weight is 384 g/mol. The molecule has 3 aromatic carbocycles. The topological polar surface area (TPSA) is 58.2 Å². The fourth-order valence-electron chi connectivity index (χ4n) is 2.66. The quantitative estimate of drug-likeness (QED) is 0.638. The molecule has 0 fully saturated rings. The van der Waals surface area contributed by atoms with E-state index in [2.05, 4.69) is 29.1 Å². The van der Waals surface area contributed by atoms with Crippen LogP contribution in [-0.2, 0) is 16.6 Å². The smallest absolute Gasteiger partial charge is 0.261 e. The molecule has 0 atom stereocenters. The molecule has 6 heteroatoms. The minimum atomic E-state index is -3.76. The van der Waals surface area contributed by atoms with Gasteiger partial charge in [-0.05, 0) is 73.0 Å². The molecule has 0 saturated carbocycles. The van der Waals surface area contributed by atoms with Crippen LogP contribution in [0.15, 0.2) is 71.6 Å². The first-order valence-electron chi connectivity index (χ1n) is 8.52. The summed E-state index contributed by atoms with van der Waals surface area (Å²) in [7, 11) is -3.76. The van der Waals surface area contributed by atoms with E-state index in [1.54, 1.807) is 12.1 Å². The van der Waals surface area contributed by atoms with E-state index in [0.717, 1.165) is 11.8 Å². The molecular formula is C21H21FN2O2S. The number of aryl methyl sites for hydroxylation is 2. The van der Waals surface area contributed by atoms with Gasteiger partial charge in [0.15, 0.2) is 0 Å². The molecule has 0 aliphatic rings. The number of rotatable bonds is 6. The number of hydrogen-bond donors (Lipinski definition) is 2. The van der Waals surface area contributed by atoms with Crippen LogP contribution in [0.1, 0.15) is 16.7 Å². The first-order chi connectivity index (χ1) is 12.8. The molecule has 0 unspecified atom stereocenters. The molecule has 0 aromatic heterocycles. The highest BCUT2D eigenvalue weighted by atomic mass is 32.2. The summed E-state index contributed by atoms with van der Waals surface area (Å²) in [5.74, 6) is -0.432. The van der Waals surface area contributed by atoms with Crippen LogP contribution < -0.4 is 10.0 Å². The van der Waals surface area contributed by atoms with Crippen LogP contribution in [0.3, 0.4) is 0 Å². The van der Waals surface area contributed by atoms with Crippen molar-refractivity contribution in [3.8, 4) is 0 Å². The zero-order valence-electron chi connectivity index (χ0n) is 15.2. The summed E-state index contributed by atoms with van der Waals surface area (Å²) in [6.45, 7) is 4.28. The standard InChI is InChI=1S/C21H21FN2O2S/c1-15-5-3-4-6-17(15)14-23-18-7-9-19(10-8-18)24-27(25,26)20-11-12-21(22)16(2)13-20/h3-13,23-24H,14H2,1-2H3. The van der Waals surface area contributed by atoms with Crippen LogP contribution in [0, 0.1) is 19.7 Å². The third-order valence-corrected chi connectivity index (χ3v) is 5.70. The second kappa shape index (κ2) is 7.80. The minimum absolute atomic E-state index is 0.0307. The van der Waals surface area contributed by atoms with Crippen molar-refractivity contribution in [1.82, 2.24) is 0 Å². The summed E-state index contributed by atoms with van der Waals surface area (Å²) in [5, 5.41) is 3.32. The Bertz CT molecular complexity index is 1050. The zero-order chi connectivity index (χ0) is 19.4. The number of benzene rings is 3. The molecule has 0 amide bonds. The summed E-state index contributed by atoms with van der Waals surface area (Å²) < 4.78 is 40.8. The Labute approximate surface area is 159 Å². The molecule has 2 N–H and O–H groups in total. The van der Waals surface area contributed by atoms with Gasteiger partial charge in [0.2, 0.25) is 0 Å². The Kier molecular flexibility index (Phi) is 5.46. The molecule has 0 spiro atoms. The Balaban J connectivity index is 1.68. The van der Waals surface area contributed by atoms with Crippen LogP contribution in [0.2, 0.25) is 0 Å². The van der Waals surface area contributed by atoms with Gasteiger partial charge in [0.25, 0.3) is 10.0 Å². The Morgan fingerprint density at radius 3 is 2.19 bits per heavy atom. The lowest BCUT2D eigenvalue weighted by Gasteiger charge is -2.11. The van der Waals surface area contributed by atoms with Crippen LogP contribution >= 0.6 is 0 Å². The van der Waals surface area contributed by atoms with E-state index in [1.807, 2.05) is 24.3 Å². The molecule has 4 nitrogen and oxygen atoms in total. The van der Waals surface area contributed by atoms with Gasteiger partial charge in [-0.25, -0.2) is 12.8 Å². The van der Waals surface area contributed by atoms with Gasteiger partial charge in [0, 0.05) is 17.9 Å². The van der Waals surface area contributed by atoms with E-state index >= 15 is 0 Å². The van der Waals surface area contributed by atoms with Crippen molar-refractivity contribution < 1.29 is 12.8 Å². The van der Waals surface area contributed by atoms with Crippen LogP contribution in [0.5, 0.6) is 0 Å². The number of halogens is 1. The molecule has 0 saturated heterocycles. The maximum atomic E-state index is 13.4. The Hall–Kier alpha value is -2.86. The molecule has 140 valence electrons.